The second-order valence-corrected chi connectivity index (χ2v) is 5.01. The van der Waals surface area contributed by atoms with Crippen molar-refractivity contribution in [2.45, 2.75) is 39.2 Å². The molecule has 1 aliphatic rings. The van der Waals surface area contributed by atoms with E-state index in [1.807, 2.05) is 12.1 Å². The minimum atomic E-state index is -0.411. The Labute approximate surface area is 103 Å². The molecule has 17 heavy (non-hydrogen) atoms. The van der Waals surface area contributed by atoms with Crippen molar-refractivity contribution in [3.8, 4) is 0 Å². The molecule has 0 radical (unpaired) electrons. The van der Waals surface area contributed by atoms with Gasteiger partial charge in [-0.25, -0.2) is 4.98 Å². The van der Waals surface area contributed by atoms with Crippen LogP contribution in [0.25, 0.3) is 0 Å². The second kappa shape index (κ2) is 5.50. The van der Waals surface area contributed by atoms with Crippen LogP contribution >= 0.6 is 0 Å². The summed E-state index contributed by atoms with van der Waals surface area (Å²) in [5, 5.41) is 9.58. The zero-order valence-corrected chi connectivity index (χ0v) is 10.8. The van der Waals surface area contributed by atoms with Crippen LogP contribution in [0.5, 0.6) is 0 Å². The highest BCUT2D eigenvalue weighted by Crippen LogP contribution is 2.26. The number of nitrogens with zero attached hydrogens (tertiary/aromatic N) is 2. The predicted molar refractivity (Wildman–Crippen MR) is 70.1 cm³/mol. The van der Waals surface area contributed by atoms with Crippen LogP contribution in [0.4, 0.5) is 5.82 Å². The standard InChI is InChI=1S/C14H22N2O/c1-3-4-12-6-8-16(10-12)14-9-13(11(2)17)5-7-15-14/h5,7,9,11-12,17H,3-4,6,8,10H2,1-2H3/t11-,12?/m1/s1. The smallest absolute Gasteiger partial charge is 0.128 e. The van der Waals surface area contributed by atoms with Crippen molar-refractivity contribution in [1.29, 1.82) is 0 Å². The van der Waals surface area contributed by atoms with E-state index in [4.69, 9.17) is 0 Å². The monoisotopic (exact) mass is 234 g/mol. The van der Waals surface area contributed by atoms with Crippen molar-refractivity contribution >= 4 is 5.82 Å². The molecule has 1 N–H and O–H groups in total. The zero-order chi connectivity index (χ0) is 12.3. The van der Waals surface area contributed by atoms with Crippen molar-refractivity contribution in [3.05, 3.63) is 23.9 Å². The lowest BCUT2D eigenvalue weighted by Gasteiger charge is -2.18. The molecular weight excluding hydrogens is 212 g/mol. The van der Waals surface area contributed by atoms with Crippen LogP contribution in [0.1, 0.15) is 44.8 Å². The number of pyridine rings is 1. The fraction of sp³-hybridized carbons (Fsp3) is 0.643. The molecule has 3 heteroatoms. The Hall–Kier alpha value is -1.09. The fourth-order valence-electron chi connectivity index (χ4n) is 2.55. The number of anilines is 1. The molecule has 3 nitrogen and oxygen atoms in total. The average Bonchev–Trinajstić information content (AvgIpc) is 2.78. The first-order chi connectivity index (χ1) is 8.20. The second-order valence-electron chi connectivity index (χ2n) is 5.01. The topological polar surface area (TPSA) is 36.4 Å². The van der Waals surface area contributed by atoms with Gasteiger partial charge in [0, 0.05) is 19.3 Å². The summed E-state index contributed by atoms with van der Waals surface area (Å²) in [4.78, 5) is 6.75. The first kappa shape index (κ1) is 12.4. The van der Waals surface area contributed by atoms with Crippen molar-refractivity contribution < 1.29 is 5.11 Å². The summed E-state index contributed by atoms with van der Waals surface area (Å²) in [5.74, 6) is 1.83. The molecule has 0 amide bonds. The first-order valence-corrected chi connectivity index (χ1v) is 6.59. The molecule has 94 valence electrons. The van der Waals surface area contributed by atoms with Crippen LogP contribution in [0, 0.1) is 5.92 Å². The third-order valence-corrected chi connectivity index (χ3v) is 3.56. The summed E-state index contributed by atoms with van der Waals surface area (Å²) in [7, 11) is 0. The van der Waals surface area contributed by atoms with E-state index in [0.717, 1.165) is 30.4 Å². The quantitative estimate of drug-likeness (QED) is 0.870. The van der Waals surface area contributed by atoms with Gasteiger partial charge < -0.3 is 10.0 Å². The van der Waals surface area contributed by atoms with E-state index in [1.54, 1.807) is 13.1 Å². The van der Waals surface area contributed by atoms with Crippen molar-refractivity contribution in [1.82, 2.24) is 4.98 Å². The molecule has 0 spiro atoms. The van der Waals surface area contributed by atoms with E-state index in [-0.39, 0.29) is 0 Å². The lowest BCUT2D eigenvalue weighted by molar-refractivity contribution is 0.199. The Morgan fingerprint density at radius 1 is 1.59 bits per heavy atom. The molecule has 0 aliphatic carbocycles. The van der Waals surface area contributed by atoms with E-state index < -0.39 is 6.10 Å². The van der Waals surface area contributed by atoms with Gasteiger partial charge in [0.1, 0.15) is 5.82 Å². The van der Waals surface area contributed by atoms with Gasteiger partial charge >= 0.3 is 0 Å². The zero-order valence-electron chi connectivity index (χ0n) is 10.8. The fourth-order valence-corrected chi connectivity index (χ4v) is 2.55. The molecule has 2 heterocycles. The predicted octanol–water partition coefficient (Wildman–Crippen LogP) is 2.76. The number of hydrogen-bond donors (Lipinski definition) is 1. The third kappa shape index (κ3) is 2.97. The number of aliphatic hydroxyl groups is 1. The molecule has 1 unspecified atom stereocenters. The largest absolute Gasteiger partial charge is 0.389 e. The maximum absolute atomic E-state index is 9.58. The van der Waals surface area contributed by atoms with Gasteiger partial charge in [-0.3, -0.25) is 0 Å². The Balaban J connectivity index is 2.05. The minimum absolute atomic E-state index is 0.411. The van der Waals surface area contributed by atoms with E-state index >= 15 is 0 Å². The highest BCUT2D eigenvalue weighted by atomic mass is 16.3. The molecule has 1 fully saturated rings. The summed E-state index contributed by atoms with van der Waals surface area (Å²) in [6.45, 7) is 6.25. The molecule has 0 aromatic carbocycles. The van der Waals surface area contributed by atoms with E-state index in [1.165, 1.54) is 19.3 Å². The molecule has 1 saturated heterocycles. The molecule has 0 saturated carbocycles. The third-order valence-electron chi connectivity index (χ3n) is 3.56. The van der Waals surface area contributed by atoms with Crippen LogP contribution < -0.4 is 4.90 Å². The highest BCUT2D eigenvalue weighted by molar-refractivity contribution is 5.42. The van der Waals surface area contributed by atoms with Crippen LogP contribution in [-0.4, -0.2) is 23.2 Å². The van der Waals surface area contributed by atoms with Gasteiger partial charge in [-0.2, -0.15) is 0 Å². The maximum atomic E-state index is 9.58. The highest BCUT2D eigenvalue weighted by Gasteiger charge is 2.22. The van der Waals surface area contributed by atoms with Crippen LogP contribution in [0.15, 0.2) is 18.3 Å². The average molecular weight is 234 g/mol. The summed E-state index contributed by atoms with van der Waals surface area (Å²) < 4.78 is 0. The number of aromatic nitrogens is 1. The first-order valence-electron chi connectivity index (χ1n) is 6.59. The van der Waals surface area contributed by atoms with Gasteiger partial charge in [-0.1, -0.05) is 13.3 Å². The summed E-state index contributed by atoms with van der Waals surface area (Å²) in [5.41, 5.74) is 0.953. The van der Waals surface area contributed by atoms with Crippen molar-refractivity contribution in [2.24, 2.45) is 5.92 Å². The lowest BCUT2D eigenvalue weighted by Crippen LogP contribution is -2.21. The molecule has 1 aromatic rings. The number of rotatable bonds is 4. The maximum Gasteiger partial charge on any atom is 0.128 e. The van der Waals surface area contributed by atoms with Gasteiger partial charge in [0.05, 0.1) is 6.10 Å². The molecule has 1 aliphatic heterocycles. The lowest BCUT2D eigenvalue weighted by atomic mass is 10.0. The van der Waals surface area contributed by atoms with Crippen molar-refractivity contribution in [2.75, 3.05) is 18.0 Å². The summed E-state index contributed by atoms with van der Waals surface area (Å²) in [6.07, 6.45) is 5.23. The van der Waals surface area contributed by atoms with Gasteiger partial charge in [-0.05, 0) is 43.4 Å². The van der Waals surface area contributed by atoms with E-state index in [9.17, 15) is 5.11 Å². The Kier molecular flexibility index (Phi) is 4.00. The van der Waals surface area contributed by atoms with E-state index in [2.05, 4.69) is 16.8 Å². The van der Waals surface area contributed by atoms with Gasteiger partial charge in [0.2, 0.25) is 0 Å². The van der Waals surface area contributed by atoms with E-state index in [0.29, 0.717) is 0 Å². The summed E-state index contributed by atoms with van der Waals surface area (Å²) in [6, 6.07) is 3.90. The Morgan fingerprint density at radius 3 is 3.12 bits per heavy atom. The molecule has 0 bridgehead atoms. The van der Waals surface area contributed by atoms with Crippen molar-refractivity contribution in [3.63, 3.8) is 0 Å². The molecule has 2 rings (SSSR count). The van der Waals surface area contributed by atoms with Gasteiger partial charge in [0.15, 0.2) is 0 Å². The minimum Gasteiger partial charge on any atom is -0.389 e. The van der Waals surface area contributed by atoms with Gasteiger partial charge in [0.25, 0.3) is 0 Å². The molecule has 1 aromatic heterocycles. The Morgan fingerprint density at radius 2 is 2.41 bits per heavy atom. The molecule has 2 atom stereocenters. The summed E-state index contributed by atoms with van der Waals surface area (Å²) >= 11 is 0. The number of aliphatic hydroxyl groups excluding tert-OH is 1. The van der Waals surface area contributed by atoms with Crippen LogP contribution in [0.2, 0.25) is 0 Å². The normalized spacial score (nSPS) is 21.8. The van der Waals surface area contributed by atoms with Crippen LogP contribution in [-0.2, 0) is 0 Å². The number of hydrogen-bond acceptors (Lipinski definition) is 3. The Bertz CT molecular complexity index is 365. The SMILES string of the molecule is CCCC1CCN(c2cc([C@@H](C)O)ccn2)C1. The van der Waals surface area contributed by atoms with Crippen LogP contribution in [0.3, 0.4) is 0 Å². The van der Waals surface area contributed by atoms with Gasteiger partial charge in [-0.15, -0.1) is 0 Å². The molecular formula is C14H22N2O.